The van der Waals surface area contributed by atoms with Crippen LogP contribution in [0.25, 0.3) is 22.0 Å². The van der Waals surface area contributed by atoms with E-state index in [1.165, 1.54) is 11.1 Å². The standard InChI is InChI=1S/C21H22N4O/c1-3-13-4-7-16(12(2)8-13)18-9-15-10-19(25-21(26)14-5-6-14)23-11-17(15)20(22)24-18/h4,7-11,14H,3,5-6H2,1-2H3,(H2,22,24)(H,23,25,26). The number of hydrogen-bond acceptors (Lipinski definition) is 4. The number of nitrogen functional groups attached to an aromatic ring is 1. The minimum absolute atomic E-state index is 0.0464. The minimum atomic E-state index is 0.0464. The van der Waals surface area contributed by atoms with Gasteiger partial charge in [-0.2, -0.15) is 0 Å². The second-order valence-corrected chi connectivity index (χ2v) is 6.95. The number of pyridine rings is 2. The van der Waals surface area contributed by atoms with Crippen molar-refractivity contribution in [3.05, 3.63) is 47.7 Å². The van der Waals surface area contributed by atoms with E-state index in [2.05, 4.69) is 47.3 Å². The number of rotatable bonds is 4. The molecule has 0 unspecified atom stereocenters. The molecule has 1 amide bonds. The smallest absolute Gasteiger partial charge is 0.228 e. The molecule has 1 saturated carbocycles. The molecule has 3 N–H and O–H groups in total. The highest BCUT2D eigenvalue weighted by atomic mass is 16.2. The normalized spacial score (nSPS) is 13.8. The zero-order valence-corrected chi connectivity index (χ0v) is 15.0. The van der Waals surface area contributed by atoms with Crippen molar-refractivity contribution in [2.45, 2.75) is 33.1 Å². The van der Waals surface area contributed by atoms with Gasteiger partial charge in [-0.1, -0.05) is 25.1 Å². The summed E-state index contributed by atoms with van der Waals surface area (Å²) >= 11 is 0. The third-order valence-electron chi connectivity index (χ3n) is 4.92. The van der Waals surface area contributed by atoms with Crippen LogP contribution in [-0.4, -0.2) is 15.9 Å². The number of anilines is 2. The molecule has 132 valence electrons. The topological polar surface area (TPSA) is 80.9 Å². The fourth-order valence-corrected chi connectivity index (χ4v) is 3.19. The summed E-state index contributed by atoms with van der Waals surface area (Å²) in [5.41, 5.74) is 10.5. The summed E-state index contributed by atoms with van der Waals surface area (Å²) in [4.78, 5) is 20.9. The van der Waals surface area contributed by atoms with Crippen LogP contribution in [0.5, 0.6) is 0 Å². The maximum atomic E-state index is 12.0. The molecular weight excluding hydrogens is 324 g/mol. The second-order valence-electron chi connectivity index (χ2n) is 6.95. The van der Waals surface area contributed by atoms with Gasteiger partial charge in [-0.3, -0.25) is 4.79 Å². The molecule has 1 fully saturated rings. The summed E-state index contributed by atoms with van der Waals surface area (Å²) in [6.07, 6.45) is 4.61. The number of carbonyl (C=O) groups excluding carboxylic acids is 1. The van der Waals surface area contributed by atoms with E-state index in [1.54, 1.807) is 6.20 Å². The fourth-order valence-electron chi connectivity index (χ4n) is 3.19. The van der Waals surface area contributed by atoms with E-state index in [0.29, 0.717) is 11.6 Å². The molecular formula is C21H22N4O. The van der Waals surface area contributed by atoms with E-state index in [9.17, 15) is 4.79 Å². The summed E-state index contributed by atoms with van der Waals surface area (Å²) in [6, 6.07) is 10.3. The molecule has 5 heteroatoms. The van der Waals surface area contributed by atoms with Crippen molar-refractivity contribution >= 4 is 28.3 Å². The molecule has 2 heterocycles. The van der Waals surface area contributed by atoms with Gasteiger partial charge in [-0.05, 0) is 54.8 Å². The Morgan fingerprint density at radius 3 is 2.77 bits per heavy atom. The Balaban J connectivity index is 1.75. The quantitative estimate of drug-likeness (QED) is 0.745. The molecule has 0 saturated heterocycles. The highest BCUT2D eigenvalue weighted by Gasteiger charge is 2.29. The van der Waals surface area contributed by atoms with Crippen LogP contribution in [0.2, 0.25) is 0 Å². The van der Waals surface area contributed by atoms with Crippen molar-refractivity contribution in [3.63, 3.8) is 0 Å². The van der Waals surface area contributed by atoms with E-state index >= 15 is 0 Å². The van der Waals surface area contributed by atoms with Crippen molar-refractivity contribution in [1.82, 2.24) is 9.97 Å². The molecule has 3 aromatic rings. The number of carbonyl (C=O) groups is 1. The first kappa shape index (κ1) is 16.5. The van der Waals surface area contributed by atoms with Gasteiger partial charge >= 0.3 is 0 Å². The Morgan fingerprint density at radius 1 is 1.27 bits per heavy atom. The van der Waals surface area contributed by atoms with Gasteiger partial charge < -0.3 is 11.1 Å². The van der Waals surface area contributed by atoms with Crippen LogP contribution < -0.4 is 11.1 Å². The lowest BCUT2D eigenvalue weighted by molar-refractivity contribution is -0.117. The number of fused-ring (bicyclic) bond motifs is 1. The Hall–Kier alpha value is -2.95. The number of aryl methyl sites for hydroxylation is 2. The van der Waals surface area contributed by atoms with Crippen LogP contribution >= 0.6 is 0 Å². The molecule has 0 aliphatic heterocycles. The highest BCUT2D eigenvalue weighted by molar-refractivity contribution is 5.98. The first-order valence-corrected chi connectivity index (χ1v) is 9.02. The summed E-state index contributed by atoms with van der Waals surface area (Å²) in [5, 5.41) is 4.61. The molecule has 1 aliphatic rings. The largest absolute Gasteiger partial charge is 0.383 e. The molecule has 1 aromatic carbocycles. The lowest BCUT2D eigenvalue weighted by Gasteiger charge is -2.11. The van der Waals surface area contributed by atoms with Gasteiger partial charge in [0.25, 0.3) is 0 Å². The average molecular weight is 346 g/mol. The van der Waals surface area contributed by atoms with Crippen LogP contribution in [0.1, 0.15) is 30.9 Å². The molecule has 1 aliphatic carbocycles. The maximum Gasteiger partial charge on any atom is 0.228 e. The monoisotopic (exact) mass is 346 g/mol. The predicted octanol–water partition coefficient (Wildman–Crippen LogP) is 4.10. The third kappa shape index (κ3) is 3.12. The first-order chi connectivity index (χ1) is 12.5. The van der Waals surface area contributed by atoms with E-state index in [-0.39, 0.29) is 11.8 Å². The average Bonchev–Trinajstić information content (AvgIpc) is 3.46. The van der Waals surface area contributed by atoms with Crippen LogP contribution in [-0.2, 0) is 11.2 Å². The van der Waals surface area contributed by atoms with Crippen LogP contribution in [0.3, 0.4) is 0 Å². The number of benzene rings is 1. The van der Waals surface area contributed by atoms with Crippen LogP contribution in [0.15, 0.2) is 36.5 Å². The van der Waals surface area contributed by atoms with E-state index in [4.69, 9.17) is 5.73 Å². The summed E-state index contributed by atoms with van der Waals surface area (Å²) in [6.45, 7) is 4.23. The fraction of sp³-hybridized carbons (Fsp3) is 0.286. The zero-order chi connectivity index (χ0) is 18.3. The highest BCUT2D eigenvalue weighted by Crippen LogP contribution is 2.32. The van der Waals surface area contributed by atoms with Gasteiger partial charge in [0.05, 0.1) is 5.69 Å². The number of nitrogens with two attached hydrogens (primary N) is 1. The number of nitrogens with zero attached hydrogens (tertiary/aromatic N) is 2. The van der Waals surface area contributed by atoms with Gasteiger partial charge in [-0.15, -0.1) is 0 Å². The molecule has 5 nitrogen and oxygen atoms in total. The Morgan fingerprint density at radius 2 is 2.08 bits per heavy atom. The Bertz CT molecular complexity index is 1010. The third-order valence-corrected chi connectivity index (χ3v) is 4.92. The molecule has 2 aromatic heterocycles. The van der Waals surface area contributed by atoms with Gasteiger partial charge in [0, 0.05) is 23.1 Å². The lowest BCUT2D eigenvalue weighted by Crippen LogP contribution is -2.14. The van der Waals surface area contributed by atoms with Crippen molar-refractivity contribution in [2.75, 3.05) is 11.1 Å². The van der Waals surface area contributed by atoms with Gasteiger partial charge in [0.1, 0.15) is 11.6 Å². The predicted molar refractivity (Wildman–Crippen MR) is 105 cm³/mol. The van der Waals surface area contributed by atoms with Crippen LogP contribution in [0, 0.1) is 12.8 Å². The van der Waals surface area contributed by atoms with Crippen molar-refractivity contribution in [2.24, 2.45) is 5.92 Å². The van der Waals surface area contributed by atoms with E-state index < -0.39 is 0 Å². The van der Waals surface area contributed by atoms with Crippen LogP contribution in [0.4, 0.5) is 11.6 Å². The number of aromatic nitrogens is 2. The number of amides is 1. The SMILES string of the molecule is CCc1ccc(-c2cc3cc(NC(=O)C4CC4)ncc3c(N)n2)c(C)c1. The van der Waals surface area contributed by atoms with Gasteiger partial charge in [-0.25, -0.2) is 9.97 Å². The van der Waals surface area contributed by atoms with E-state index in [0.717, 1.165) is 41.3 Å². The molecule has 0 bridgehead atoms. The molecule has 0 spiro atoms. The van der Waals surface area contributed by atoms with Crippen molar-refractivity contribution in [1.29, 1.82) is 0 Å². The van der Waals surface area contributed by atoms with Crippen molar-refractivity contribution in [3.8, 4) is 11.3 Å². The first-order valence-electron chi connectivity index (χ1n) is 9.02. The summed E-state index contributed by atoms with van der Waals surface area (Å²) in [5.74, 6) is 1.20. The minimum Gasteiger partial charge on any atom is -0.383 e. The van der Waals surface area contributed by atoms with E-state index in [1.807, 2.05) is 12.1 Å². The zero-order valence-electron chi connectivity index (χ0n) is 15.0. The maximum absolute atomic E-state index is 12.0. The van der Waals surface area contributed by atoms with Crippen molar-refractivity contribution < 1.29 is 4.79 Å². The number of nitrogens with one attached hydrogen (secondary N) is 1. The number of hydrogen-bond donors (Lipinski definition) is 2. The lowest BCUT2D eigenvalue weighted by atomic mass is 10.00. The molecule has 26 heavy (non-hydrogen) atoms. The molecule has 4 rings (SSSR count). The molecule has 0 atom stereocenters. The molecule has 0 radical (unpaired) electrons. The second kappa shape index (κ2) is 6.41. The Kier molecular flexibility index (Phi) is 4.07. The summed E-state index contributed by atoms with van der Waals surface area (Å²) < 4.78 is 0. The van der Waals surface area contributed by atoms with Gasteiger partial charge in [0.2, 0.25) is 5.91 Å². The van der Waals surface area contributed by atoms with Gasteiger partial charge in [0.15, 0.2) is 0 Å². The summed E-state index contributed by atoms with van der Waals surface area (Å²) in [7, 11) is 0. The Labute approximate surface area is 152 Å².